The predicted molar refractivity (Wildman–Crippen MR) is 49.7 cm³/mol. The minimum atomic E-state index is -2.74. The smallest absolute Gasteiger partial charge is 0.265 e. The van der Waals surface area contributed by atoms with Crippen molar-refractivity contribution in [3.8, 4) is 11.8 Å². The summed E-state index contributed by atoms with van der Waals surface area (Å²) in [6.07, 6.45) is -2.88. The fourth-order valence-electron chi connectivity index (χ4n) is 1.10. The summed E-state index contributed by atoms with van der Waals surface area (Å²) in [5.41, 5.74) is -0.337. The first-order chi connectivity index (χ1) is 7.10. The molecule has 0 saturated heterocycles. The van der Waals surface area contributed by atoms with Gasteiger partial charge in [-0.15, -0.1) is 11.6 Å². The Morgan fingerprint density at radius 2 is 2.20 bits per heavy atom. The standard InChI is InChI=1S/C9H7ClF2N2O/c10-4-7-5(9(11)12)3-8(15)6(14-7)1-2-13/h3,9,15H,1,4H2. The molecule has 0 atom stereocenters. The number of aromatic nitrogens is 1. The molecule has 0 aliphatic heterocycles. The summed E-state index contributed by atoms with van der Waals surface area (Å²) >= 11 is 5.44. The van der Waals surface area contributed by atoms with E-state index in [9.17, 15) is 13.9 Å². The quantitative estimate of drug-likeness (QED) is 0.815. The summed E-state index contributed by atoms with van der Waals surface area (Å²) in [6, 6.07) is 2.68. The van der Waals surface area contributed by atoms with Crippen molar-refractivity contribution in [2.24, 2.45) is 0 Å². The van der Waals surface area contributed by atoms with E-state index in [1.165, 1.54) is 0 Å². The Balaban J connectivity index is 3.24. The van der Waals surface area contributed by atoms with Gasteiger partial charge in [-0.1, -0.05) is 0 Å². The van der Waals surface area contributed by atoms with Crippen LogP contribution in [0.15, 0.2) is 6.07 Å². The molecule has 1 aromatic rings. The van der Waals surface area contributed by atoms with E-state index in [1.54, 1.807) is 6.07 Å². The van der Waals surface area contributed by atoms with Crippen LogP contribution in [-0.2, 0) is 12.3 Å². The van der Waals surface area contributed by atoms with E-state index < -0.39 is 17.7 Å². The number of alkyl halides is 3. The van der Waals surface area contributed by atoms with Crippen LogP contribution >= 0.6 is 11.6 Å². The van der Waals surface area contributed by atoms with Crippen LogP contribution in [0, 0.1) is 11.3 Å². The Bertz CT molecular complexity index is 404. The van der Waals surface area contributed by atoms with E-state index in [1.807, 2.05) is 0 Å². The minimum absolute atomic E-state index is 0.00489. The third kappa shape index (κ3) is 2.54. The molecule has 6 heteroatoms. The second-order valence-corrected chi connectivity index (χ2v) is 3.03. The van der Waals surface area contributed by atoms with Crippen molar-refractivity contribution in [1.29, 1.82) is 5.26 Å². The van der Waals surface area contributed by atoms with E-state index in [0.29, 0.717) is 0 Å². The van der Waals surface area contributed by atoms with Crippen LogP contribution in [0.4, 0.5) is 8.78 Å². The number of nitriles is 1. The number of aromatic hydroxyl groups is 1. The van der Waals surface area contributed by atoms with Crippen molar-refractivity contribution >= 4 is 11.6 Å². The van der Waals surface area contributed by atoms with Gasteiger partial charge < -0.3 is 5.11 Å². The average Bonchev–Trinajstić information content (AvgIpc) is 2.20. The predicted octanol–water partition coefficient (Wildman–Crippen LogP) is 2.53. The molecule has 0 spiro atoms. The maximum atomic E-state index is 12.4. The first kappa shape index (κ1) is 11.7. The van der Waals surface area contributed by atoms with Gasteiger partial charge in [-0.3, -0.25) is 4.98 Å². The van der Waals surface area contributed by atoms with Crippen LogP contribution in [0.3, 0.4) is 0 Å². The molecule has 1 rings (SSSR count). The maximum absolute atomic E-state index is 12.4. The number of pyridine rings is 1. The number of hydrogen-bond acceptors (Lipinski definition) is 3. The number of hydrogen-bond donors (Lipinski definition) is 1. The Morgan fingerprint density at radius 1 is 1.53 bits per heavy atom. The zero-order valence-corrected chi connectivity index (χ0v) is 8.30. The molecule has 0 saturated carbocycles. The molecule has 1 aromatic heterocycles. The van der Waals surface area contributed by atoms with E-state index in [4.69, 9.17) is 16.9 Å². The molecule has 0 aliphatic carbocycles. The van der Waals surface area contributed by atoms with E-state index in [2.05, 4.69) is 4.98 Å². The van der Waals surface area contributed by atoms with Crippen molar-refractivity contribution in [1.82, 2.24) is 4.98 Å². The van der Waals surface area contributed by atoms with Crippen molar-refractivity contribution in [2.75, 3.05) is 0 Å². The summed E-state index contributed by atoms with van der Waals surface area (Å²) in [7, 11) is 0. The second-order valence-electron chi connectivity index (χ2n) is 2.76. The van der Waals surface area contributed by atoms with Crippen LogP contribution in [0.1, 0.15) is 23.4 Å². The van der Waals surface area contributed by atoms with E-state index in [0.717, 1.165) is 6.07 Å². The lowest BCUT2D eigenvalue weighted by Gasteiger charge is -2.08. The van der Waals surface area contributed by atoms with E-state index >= 15 is 0 Å². The van der Waals surface area contributed by atoms with Gasteiger partial charge in [-0.05, 0) is 6.07 Å². The largest absolute Gasteiger partial charge is 0.506 e. The van der Waals surface area contributed by atoms with E-state index in [-0.39, 0.29) is 23.7 Å². The molecule has 15 heavy (non-hydrogen) atoms. The fraction of sp³-hybridized carbons (Fsp3) is 0.333. The second kappa shape index (κ2) is 4.89. The summed E-state index contributed by atoms with van der Waals surface area (Å²) < 4.78 is 24.9. The summed E-state index contributed by atoms with van der Waals surface area (Å²) in [4.78, 5) is 3.72. The number of nitrogens with zero attached hydrogens (tertiary/aromatic N) is 2. The molecule has 3 nitrogen and oxygen atoms in total. The van der Waals surface area contributed by atoms with Crippen LogP contribution < -0.4 is 0 Å². The molecule has 0 unspecified atom stereocenters. The highest BCUT2D eigenvalue weighted by Crippen LogP contribution is 2.28. The number of rotatable bonds is 3. The topological polar surface area (TPSA) is 56.9 Å². The first-order valence-corrected chi connectivity index (χ1v) is 4.56. The molecular weight excluding hydrogens is 226 g/mol. The Hall–Kier alpha value is -1.41. The van der Waals surface area contributed by atoms with Crippen LogP contribution in [0.2, 0.25) is 0 Å². The molecule has 0 aromatic carbocycles. The van der Waals surface area contributed by atoms with Gasteiger partial charge in [-0.25, -0.2) is 8.78 Å². The first-order valence-electron chi connectivity index (χ1n) is 4.02. The summed E-state index contributed by atoms with van der Waals surface area (Å²) in [5, 5.41) is 17.7. The highest BCUT2D eigenvalue weighted by Gasteiger charge is 2.17. The van der Waals surface area contributed by atoms with Gasteiger partial charge in [0, 0.05) is 5.56 Å². The zero-order chi connectivity index (χ0) is 11.4. The van der Waals surface area contributed by atoms with Crippen molar-refractivity contribution < 1.29 is 13.9 Å². The lowest BCUT2D eigenvalue weighted by molar-refractivity contribution is 0.149. The monoisotopic (exact) mass is 232 g/mol. The van der Waals surface area contributed by atoms with Gasteiger partial charge in [-0.2, -0.15) is 5.26 Å². The molecule has 0 aliphatic rings. The molecular formula is C9H7ClF2N2O. The molecule has 1 heterocycles. The third-order valence-electron chi connectivity index (χ3n) is 1.80. The van der Waals surface area contributed by atoms with Crippen LogP contribution in [-0.4, -0.2) is 10.1 Å². The maximum Gasteiger partial charge on any atom is 0.265 e. The van der Waals surface area contributed by atoms with Crippen molar-refractivity contribution in [2.45, 2.75) is 18.7 Å². The van der Waals surface area contributed by atoms with Crippen molar-refractivity contribution in [3.05, 3.63) is 23.0 Å². The van der Waals surface area contributed by atoms with Gasteiger partial charge in [0.1, 0.15) is 5.75 Å². The normalized spacial score (nSPS) is 10.3. The Labute approximate surface area is 89.9 Å². The molecule has 80 valence electrons. The average molecular weight is 233 g/mol. The SMILES string of the molecule is N#CCc1nc(CCl)c(C(F)F)cc1O. The minimum Gasteiger partial charge on any atom is -0.506 e. The van der Waals surface area contributed by atoms with Crippen LogP contribution in [0.5, 0.6) is 5.75 Å². The molecule has 1 N–H and O–H groups in total. The summed E-state index contributed by atoms with van der Waals surface area (Å²) in [5.74, 6) is -0.584. The molecule has 0 bridgehead atoms. The van der Waals surface area contributed by atoms with Gasteiger partial charge in [0.15, 0.2) is 0 Å². The van der Waals surface area contributed by atoms with Gasteiger partial charge >= 0.3 is 0 Å². The lowest BCUT2D eigenvalue weighted by atomic mass is 10.1. The molecule has 0 radical (unpaired) electrons. The third-order valence-corrected chi connectivity index (χ3v) is 2.05. The van der Waals surface area contributed by atoms with Gasteiger partial charge in [0.2, 0.25) is 0 Å². The van der Waals surface area contributed by atoms with Gasteiger partial charge in [0.05, 0.1) is 29.8 Å². The Morgan fingerprint density at radius 3 is 2.67 bits per heavy atom. The van der Waals surface area contributed by atoms with Gasteiger partial charge in [0.25, 0.3) is 6.43 Å². The molecule has 0 fully saturated rings. The fourth-order valence-corrected chi connectivity index (χ4v) is 1.31. The van der Waals surface area contributed by atoms with Crippen LogP contribution in [0.25, 0.3) is 0 Å². The Kier molecular flexibility index (Phi) is 3.81. The van der Waals surface area contributed by atoms with Crippen molar-refractivity contribution in [3.63, 3.8) is 0 Å². The number of halogens is 3. The summed E-state index contributed by atoms with van der Waals surface area (Å²) in [6.45, 7) is 0. The molecule has 0 amide bonds. The zero-order valence-electron chi connectivity index (χ0n) is 7.54. The lowest BCUT2D eigenvalue weighted by Crippen LogP contribution is -2.00. The highest BCUT2D eigenvalue weighted by atomic mass is 35.5. The highest BCUT2D eigenvalue weighted by molar-refractivity contribution is 6.17.